The van der Waals surface area contributed by atoms with Crippen molar-refractivity contribution in [2.45, 2.75) is 26.3 Å². The molecular formula is C17H21ClN2O. The number of nitrogens with zero attached hydrogens (tertiary/aromatic N) is 1. The van der Waals surface area contributed by atoms with Crippen molar-refractivity contribution < 1.29 is 4.74 Å². The van der Waals surface area contributed by atoms with E-state index in [4.69, 9.17) is 16.3 Å². The highest BCUT2D eigenvalue weighted by atomic mass is 35.5. The van der Waals surface area contributed by atoms with Crippen LogP contribution in [-0.2, 0) is 0 Å². The highest BCUT2D eigenvalue weighted by molar-refractivity contribution is 6.30. The first-order valence-electron chi connectivity index (χ1n) is 7.32. The van der Waals surface area contributed by atoms with E-state index in [1.165, 1.54) is 0 Å². The topological polar surface area (TPSA) is 34.1 Å². The van der Waals surface area contributed by atoms with E-state index >= 15 is 0 Å². The van der Waals surface area contributed by atoms with Gasteiger partial charge in [0.2, 0.25) is 0 Å². The van der Waals surface area contributed by atoms with Crippen molar-refractivity contribution in [1.29, 1.82) is 0 Å². The van der Waals surface area contributed by atoms with Gasteiger partial charge in [-0.2, -0.15) is 0 Å². The Kier molecular flexibility index (Phi) is 6.03. The van der Waals surface area contributed by atoms with Crippen molar-refractivity contribution in [3.05, 3.63) is 58.9 Å². The Labute approximate surface area is 131 Å². The summed E-state index contributed by atoms with van der Waals surface area (Å²) >= 11 is 5.91. The van der Waals surface area contributed by atoms with Gasteiger partial charge in [0.15, 0.2) is 0 Å². The largest absolute Gasteiger partial charge is 0.494 e. The van der Waals surface area contributed by atoms with Crippen LogP contribution in [0.2, 0.25) is 5.02 Å². The minimum Gasteiger partial charge on any atom is -0.494 e. The normalized spacial score (nSPS) is 12.1. The summed E-state index contributed by atoms with van der Waals surface area (Å²) in [5.74, 6) is 0.903. The standard InChI is InChI=1S/C17H21ClN2O/c1-3-11-21-15-8-5-13(6-9-15)17(19-4-2)16-10-7-14(18)12-20-16/h5-10,12,17,19H,3-4,11H2,1-2H3. The third-order valence-corrected chi connectivity index (χ3v) is 3.36. The third-order valence-electron chi connectivity index (χ3n) is 3.14. The third kappa shape index (κ3) is 4.45. The lowest BCUT2D eigenvalue weighted by atomic mass is 10.0. The Balaban J connectivity index is 2.19. The Bertz CT molecular complexity index is 540. The second-order valence-corrected chi connectivity index (χ2v) is 5.25. The van der Waals surface area contributed by atoms with E-state index in [9.17, 15) is 0 Å². The van der Waals surface area contributed by atoms with E-state index in [1.54, 1.807) is 6.20 Å². The molecule has 1 aromatic carbocycles. The number of rotatable bonds is 7. The van der Waals surface area contributed by atoms with Crippen molar-refractivity contribution in [1.82, 2.24) is 10.3 Å². The SMILES string of the molecule is CCCOc1ccc(C(NCC)c2ccc(Cl)cn2)cc1. The number of aromatic nitrogens is 1. The molecule has 1 atom stereocenters. The molecule has 2 aromatic rings. The summed E-state index contributed by atoms with van der Waals surface area (Å²) in [6.07, 6.45) is 2.69. The molecule has 0 aliphatic rings. The summed E-state index contributed by atoms with van der Waals surface area (Å²) in [6.45, 7) is 5.79. The summed E-state index contributed by atoms with van der Waals surface area (Å²) < 4.78 is 5.62. The van der Waals surface area contributed by atoms with Crippen LogP contribution in [0.4, 0.5) is 0 Å². The van der Waals surface area contributed by atoms with Crippen LogP contribution < -0.4 is 10.1 Å². The van der Waals surface area contributed by atoms with Crippen LogP contribution in [-0.4, -0.2) is 18.1 Å². The number of benzene rings is 1. The Morgan fingerprint density at radius 2 is 1.90 bits per heavy atom. The molecule has 0 saturated heterocycles. The second kappa shape index (κ2) is 8.01. The zero-order valence-corrected chi connectivity index (χ0v) is 13.2. The summed E-state index contributed by atoms with van der Waals surface area (Å²) in [5, 5.41) is 4.10. The molecule has 4 heteroatoms. The molecule has 1 unspecified atom stereocenters. The van der Waals surface area contributed by atoms with E-state index < -0.39 is 0 Å². The van der Waals surface area contributed by atoms with Gasteiger partial charge >= 0.3 is 0 Å². The molecule has 0 fully saturated rings. The average Bonchev–Trinajstić information content (AvgIpc) is 2.52. The van der Waals surface area contributed by atoms with Gasteiger partial charge in [-0.05, 0) is 42.8 Å². The van der Waals surface area contributed by atoms with Crippen LogP contribution in [0.1, 0.15) is 37.6 Å². The first-order chi connectivity index (χ1) is 10.2. The molecule has 0 aliphatic heterocycles. The molecule has 2 rings (SSSR count). The lowest BCUT2D eigenvalue weighted by molar-refractivity contribution is 0.317. The van der Waals surface area contributed by atoms with Gasteiger partial charge in [-0.15, -0.1) is 0 Å². The Morgan fingerprint density at radius 3 is 2.48 bits per heavy atom. The lowest BCUT2D eigenvalue weighted by Crippen LogP contribution is -2.22. The molecule has 3 nitrogen and oxygen atoms in total. The van der Waals surface area contributed by atoms with Crippen LogP contribution in [0, 0.1) is 0 Å². The van der Waals surface area contributed by atoms with Crippen LogP contribution in [0.3, 0.4) is 0 Å². The first kappa shape index (κ1) is 15.8. The molecule has 1 N–H and O–H groups in total. The maximum absolute atomic E-state index is 5.91. The van der Waals surface area contributed by atoms with E-state index in [1.807, 2.05) is 24.3 Å². The number of nitrogens with one attached hydrogen (secondary N) is 1. The molecule has 0 radical (unpaired) electrons. The zero-order valence-electron chi connectivity index (χ0n) is 12.5. The predicted octanol–water partition coefficient (Wildman–Crippen LogP) is 4.22. The van der Waals surface area contributed by atoms with Crippen molar-refractivity contribution in [3.8, 4) is 5.75 Å². The van der Waals surface area contributed by atoms with Gasteiger partial charge in [0, 0.05) is 6.20 Å². The second-order valence-electron chi connectivity index (χ2n) is 4.81. The van der Waals surface area contributed by atoms with E-state index in [-0.39, 0.29) is 6.04 Å². The molecule has 0 amide bonds. The maximum Gasteiger partial charge on any atom is 0.119 e. The fourth-order valence-corrected chi connectivity index (χ4v) is 2.24. The van der Waals surface area contributed by atoms with E-state index in [2.05, 4.69) is 36.3 Å². The van der Waals surface area contributed by atoms with Crippen LogP contribution in [0.15, 0.2) is 42.6 Å². The van der Waals surface area contributed by atoms with E-state index in [0.717, 1.165) is 36.6 Å². The van der Waals surface area contributed by atoms with Gasteiger partial charge in [-0.1, -0.05) is 37.6 Å². The average molecular weight is 305 g/mol. The summed E-state index contributed by atoms with van der Waals surface area (Å²) in [4.78, 5) is 4.42. The van der Waals surface area contributed by atoms with Crippen LogP contribution >= 0.6 is 11.6 Å². The molecular weight excluding hydrogens is 284 g/mol. The summed E-state index contributed by atoms with van der Waals surface area (Å²) in [5.41, 5.74) is 2.12. The Hall–Kier alpha value is -1.58. The highest BCUT2D eigenvalue weighted by Crippen LogP contribution is 2.23. The number of hydrogen-bond donors (Lipinski definition) is 1. The Morgan fingerprint density at radius 1 is 1.14 bits per heavy atom. The molecule has 21 heavy (non-hydrogen) atoms. The molecule has 112 valence electrons. The number of hydrogen-bond acceptors (Lipinski definition) is 3. The van der Waals surface area contributed by atoms with Crippen LogP contribution in [0.25, 0.3) is 0 Å². The number of ether oxygens (including phenoxy) is 1. The molecule has 1 aromatic heterocycles. The zero-order chi connectivity index (χ0) is 15.1. The molecule has 0 aliphatic carbocycles. The number of halogens is 1. The quantitative estimate of drug-likeness (QED) is 0.831. The van der Waals surface area contributed by atoms with Gasteiger partial charge in [-0.25, -0.2) is 0 Å². The van der Waals surface area contributed by atoms with Gasteiger partial charge in [0.05, 0.1) is 23.4 Å². The predicted molar refractivity (Wildman–Crippen MR) is 87.0 cm³/mol. The van der Waals surface area contributed by atoms with Crippen molar-refractivity contribution in [2.75, 3.05) is 13.2 Å². The van der Waals surface area contributed by atoms with Gasteiger partial charge in [0.25, 0.3) is 0 Å². The minimum atomic E-state index is 0.0625. The fraction of sp³-hybridized carbons (Fsp3) is 0.353. The van der Waals surface area contributed by atoms with Crippen LogP contribution in [0.5, 0.6) is 5.75 Å². The van der Waals surface area contributed by atoms with Gasteiger partial charge < -0.3 is 10.1 Å². The van der Waals surface area contributed by atoms with Gasteiger partial charge in [-0.3, -0.25) is 4.98 Å². The van der Waals surface area contributed by atoms with Gasteiger partial charge in [0.1, 0.15) is 5.75 Å². The molecule has 0 spiro atoms. The van der Waals surface area contributed by atoms with Crippen molar-refractivity contribution in [2.24, 2.45) is 0 Å². The van der Waals surface area contributed by atoms with E-state index in [0.29, 0.717) is 5.02 Å². The fourth-order valence-electron chi connectivity index (χ4n) is 2.13. The first-order valence-corrected chi connectivity index (χ1v) is 7.70. The smallest absolute Gasteiger partial charge is 0.119 e. The van der Waals surface area contributed by atoms with Crippen molar-refractivity contribution in [3.63, 3.8) is 0 Å². The van der Waals surface area contributed by atoms with Crippen molar-refractivity contribution >= 4 is 11.6 Å². The summed E-state index contributed by atoms with van der Waals surface area (Å²) in [7, 11) is 0. The summed E-state index contributed by atoms with van der Waals surface area (Å²) in [6, 6.07) is 12.1. The molecule has 0 saturated carbocycles. The minimum absolute atomic E-state index is 0.0625. The number of pyridine rings is 1. The maximum atomic E-state index is 5.91. The molecule has 0 bridgehead atoms. The monoisotopic (exact) mass is 304 g/mol. The highest BCUT2D eigenvalue weighted by Gasteiger charge is 2.14. The molecule has 1 heterocycles. The lowest BCUT2D eigenvalue weighted by Gasteiger charge is -2.18.